The Hall–Kier alpha value is -0.870. The maximum atomic E-state index is 5.59. The van der Waals surface area contributed by atoms with E-state index in [1.807, 2.05) is 27.0 Å². The average molecular weight is 197 g/mol. The second-order valence-corrected chi connectivity index (χ2v) is 3.57. The molecule has 4 heteroatoms. The van der Waals surface area contributed by atoms with Crippen LogP contribution in [-0.4, -0.2) is 22.3 Å². The summed E-state index contributed by atoms with van der Waals surface area (Å²) in [6, 6.07) is 0. The highest BCUT2D eigenvalue weighted by Crippen LogP contribution is 2.04. The molecule has 0 aliphatic carbocycles. The van der Waals surface area contributed by atoms with E-state index in [0.29, 0.717) is 13.2 Å². The van der Waals surface area contributed by atoms with Gasteiger partial charge >= 0.3 is 0 Å². The lowest BCUT2D eigenvalue weighted by Crippen LogP contribution is -2.15. The number of aryl methyl sites for hydroxylation is 1. The van der Waals surface area contributed by atoms with Crippen molar-refractivity contribution in [2.45, 2.75) is 40.0 Å². The zero-order chi connectivity index (χ0) is 10.6. The molecule has 0 fully saturated rings. The maximum absolute atomic E-state index is 5.59. The molecule has 1 rings (SSSR count). The third kappa shape index (κ3) is 2.82. The molecule has 14 heavy (non-hydrogen) atoms. The normalized spacial score (nSPS) is 11.2. The lowest BCUT2D eigenvalue weighted by Gasteiger charge is -2.11. The number of hydrogen-bond acceptors (Lipinski definition) is 3. The maximum Gasteiger partial charge on any atom is 0.105 e. The third-order valence-corrected chi connectivity index (χ3v) is 2.11. The molecule has 0 radical (unpaired) electrons. The van der Waals surface area contributed by atoms with Crippen molar-refractivity contribution in [3.8, 4) is 0 Å². The average Bonchev–Trinajstić information content (AvgIpc) is 2.47. The van der Waals surface area contributed by atoms with Gasteiger partial charge in [0.05, 0.1) is 18.4 Å². The quantitative estimate of drug-likeness (QED) is 0.768. The van der Waals surface area contributed by atoms with Gasteiger partial charge in [-0.3, -0.25) is 0 Å². The van der Waals surface area contributed by atoms with Crippen LogP contribution in [0.3, 0.4) is 0 Å². The number of nitrogens with two attached hydrogens (primary N) is 1. The molecule has 1 heterocycles. The summed E-state index contributed by atoms with van der Waals surface area (Å²) in [6.45, 7) is 8.12. The predicted octanol–water partition coefficient (Wildman–Crippen LogP) is 1.08. The van der Waals surface area contributed by atoms with Gasteiger partial charge in [0.15, 0.2) is 0 Å². The fourth-order valence-corrected chi connectivity index (χ4v) is 1.36. The van der Waals surface area contributed by atoms with Crippen molar-refractivity contribution >= 4 is 0 Å². The molecule has 1 aromatic heterocycles. The Labute approximate surface area is 85.1 Å². The Bertz CT molecular complexity index is 281. The molecular weight excluding hydrogens is 178 g/mol. The van der Waals surface area contributed by atoms with Crippen LogP contribution >= 0.6 is 0 Å². The van der Waals surface area contributed by atoms with Gasteiger partial charge < -0.3 is 15.0 Å². The van der Waals surface area contributed by atoms with E-state index in [9.17, 15) is 0 Å². The second kappa shape index (κ2) is 5.12. The molecule has 0 aliphatic rings. The fourth-order valence-electron chi connectivity index (χ4n) is 1.36. The third-order valence-electron chi connectivity index (χ3n) is 2.11. The zero-order valence-corrected chi connectivity index (χ0v) is 9.16. The molecule has 0 spiro atoms. The molecule has 0 bridgehead atoms. The van der Waals surface area contributed by atoms with Gasteiger partial charge in [-0.05, 0) is 20.8 Å². The summed E-state index contributed by atoms with van der Waals surface area (Å²) in [5.74, 6) is 0.998. The van der Waals surface area contributed by atoms with Crippen LogP contribution in [0.25, 0.3) is 0 Å². The molecule has 0 amide bonds. The van der Waals surface area contributed by atoms with Crippen LogP contribution in [0, 0.1) is 6.92 Å². The van der Waals surface area contributed by atoms with Crippen molar-refractivity contribution in [1.29, 1.82) is 0 Å². The number of hydrogen-bond donors (Lipinski definition) is 1. The van der Waals surface area contributed by atoms with Crippen molar-refractivity contribution < 1.29 is 4.74 Å². The van der Waals surface area contributed by atoms with E-state index in [4.69, 9.17) is 10.5 Å². The molecule has 0 unspecified atom stereocenters. The van der Waals surface area contributed by atoms with Crippen molar-refractivity contribution in [2.24, 2.45) is 5.73 Å². The van der Waals surface area contributed by atoms with Gasteiger partial charge in [0.2, 0.25) is 0 Å². The predicted molar refractivity (Wildman–Crippen MR) is 55.9 cm³/mol. The van der Waals surface area contributed by atoms with E-state index in [0.717, 1.165) is 18.1 Å². The van der Waals surface area contributed by atoms with Crippen LogP contribution in [0.4, 0.5) is 0 Å². The van der Waals surface area contributed by atoms with Gasteiger partial charge in [0.1, 0.15) is 5.82 Å². The van der Waals surface area contributed by atoms with Crippen molar-refractivity contribution in [2.75, 3.05) is 6.61 Å². The van der Waals surface area contributed by atoms with Gasteiger partial charge in [-0.1, -0.05) is 0 Å². The summed E-state index contributed by atoms with van der Waals surface area (Å²) < 4.78 is 7.58. The molecular formula is C10H19N3O. The molecule has 0 atom stereocenters. The van der Waals surface area contributed by atoms with Crippen molar-refractivity contribution in [1.82, 2.24) is 9.55 Å². The molecule has 2 N–H and O–H groups in total. The first-order valence-electron chi connectivity index (χ1n) is 4.97. The SMILES string of the molecule is Cc1ncc(CN)n1CCOC(C)C. The number of rotatable bonds is 5. The molecule has 1 aromatic rings. The van der Waals surface area contributed by atoms with Crippen molar-refractivity contribution in [3.63, 3.8) is 0 Å². The molecule has 80 valence electrons. The standard InChI is InChI=1S/C10H19N3O/c1-8(2)14-5-4-13-9(3)12-7-10(13)6-11/h7-8H,4-6,11H2,1-3H3. The Morgan fingerprint density at radius 2 is 2.29 bits per heavy atom. The van der Waals surface area contributed by atoms with Gasteiger partial charge in [0.25, 0.3) is 0 Å². The first kappa shape index (κ1) is 11.2. The lowest BCUT2D eigenvalue weighted by atomic mass is 10.4. The van der Waals surface area contributed by atoms with Crippen LogP contribution in [-0.2, 0) is 17.8 Å². The Kier molecular flexibility index (Phi) is 4.10. The lowest BCUT2D eigenvalue weighted by molar-refractivity contribution is 0.0720. The van der Waals surface area contributed by atoms with Crippen LogP contribution in [0.1, 0.15) is 25.4 Å². The van der Waals surface area contributed by atoms with E-state index in [2.05, 4.69) is 9.55 Å². The van der Waals surface area contributed by atoms with Gasteiger partial charge in [-0.2, -0.15) is 0 Å². The fraction of sp³-hybridized carbons (Fsp3) is 0.700. The minimum Gasteiger partial charge on any atom is -0.377 e. The van der Waals surface area contributed by atoms with Crippen molar-refractivity contribution in [3.05, 3.63) is 17.7 Å². The van der Waals surface area contributed by atoms with E-state index in [-0.39, 0.29) is 6.10 Å². The highest BCUT2D eigenvalue weighted by molar-refractivity contribution is 5.03. The summed E-state index contributed by atoms with van der Waals surface area (Å²) in [5.41, 5.74) is 6.66. The van der Waals surface area contributed by atoms with Gasteiger partial charge in [-0.25, -0.2) is 4.98 Å². The van der Waals surface area contributed by atoms with Crippen LogP contribution in [0.2, 0.25) is 0 Å². The zero-order valence-electron chi connectivity index (χ0n) is 9.16. The van der Waals surface area contributed by atoms with Gasteiger partial charge in [0, 0.05) is 19.3 Å². The van der Waals surface area contributed by atoms with Crippen LogP contribution in [0.15, 0.2) is 6.20 Å². The van der Waals surface area contributed by atoms with Crippen LogP contribution in [0.5, 0.6) is 0 Å². The number of aromatic nitrogens is 2. The Morgan fingerprint density at radius 1 is 1.57 bits per heavy atom. The highest BCUT2D eigenvalue weighted by Gasteiger charge is 2.04. The Balaban J connectivity index is 2.52. The molecule has 0 aliphatic heterocycles. The first-order chi connectivity index (χ1) is 6.65. The van der Waals surface area contributed by atoms with Crippen LogP contribution < -0.4 is 5.73 Å². The first-order valence-corrected chi connectivity index (χ1v) is 4.97. The summed E-state index contributed by atoms with van der Waals surface area (Å²) in [6.07, 6.45) is 2.10. The highest BCUT2D eigenvalue weighted by atomic mass is 16.5. The monoisotopic (exact) mass is 197 g/mol. The smallest absolute Gasteiger partial charge is 0.105 e. The topological polar surface area (TPSA) is 53.1 Å². The molecule has 0 aromatic carbocycles. The minimum atomic E-state index is 0.278. The van der Waals surface area contributed by atoms with E-state index in [1.165, 1.54) is 0 Å². The molecule has 4 nitrogen and oxygen atoms in total. The summed E-state index contributed by atoms with van der Waals surface area (Å²) in [7, 11) is 0. The van der Waals surface area contributed by atoms with Gasteiger partial charge in [-0.15, -0.1) is 0 Å². The number of imidazole rings is 1. The largest absolute Gasteiger partial charge is 0.377 e. The summed E-state index contributed by atoms with van der Waals surface area (Å²) in [4.78, 5) is 4.21. The van der Waals surface area contributed by atoms with E-state index >= 15 is 0 Å². The number of nitrogens with zero attached hydrogens (tertiary/aromatic N) is 2. The Morgan fingerprint density at radius 3 is 2.86 bits per heavy atom. The summed E-state index contributed by atoms with van der Waals surface area (Å²) >= 11 is 0. The molecule has 0 saturated heterocycles. The van der Waals surface area contributed by atoms with E-state index < -0.39 is 0 Å². The minimum absolute atomic E-state index is 0.278. The van der Waals surface area contributed by atoms with E-state index in [1.54, 1.807) is 0 Å². The summed E-state index contributed by atoms with van der Waals surface area (Å²) in [5, 5.41) is 0. The second-order valence-electron chi connectivity index (χ2n) is 3.57. The molecule has 0 saturated carbocycles. The number of ether oxygens (including phenoxy) is 1.